The molecule has 0 aliphatic rings. The molecule has 0 bridgehead atoms. The molecule has 0 aliphatic carbocycles. The summed E-state index contributed by atoms with van der Waals surface area (Å²) in [6.45, 7) is 14.9. The van der Waals surface area contributed by atoms with Crippen LogP contribution in [0.3, 0.4) is 0 Å². The van der Waals surface area contributed by atoms with E-state index < -0.39 is 0 Å². The normalized spacial score (nSPS) is 13.4. The average molecular weight is 452 g/mol. The molecule has 2 N–H and O–H groups in total. The molecule has 0 radical (unpaired) electrons. The largest absolute Gasteiger partial charge is 0.357 e. The van der Waals surface area contributed by atoms with E-state index >= 15 is 0 Å². The molecule has 1 aromatic rings. The summed E-state index contributed by atoms with van der Waals surface area (Å²) < 4.78 is 0. The van der Waals surface area contributed by atoms with E-state index in [-0.39, 0.29) is 24.0 Å². The van der Waals surface area contributed by atoms with Crippen LogP contribution in [-0.2, 0) is 6.42 Å². The molecule has 1 atom stereocenters. The van der Waals surface area contributed by atoms with Crippen LogP contribution in [0.25, 0.3) is 0 Å². The molecule has 0 amide bonds. The molecule has 23 heavy (non-hydrogen) atoms. The number of rotatable bonds is 7. The Kier molecular flexibility index (Phi) is 11.1. The monoisotopic (exact) mass is 452 g/mol. The van der Waals surface area contributed by atoms with Crippen LogP contribution in [-0.4, -0.2) is 30.1 Å². The van der Waals surface area contributed by atoms with Gasteiger partial charge in [-0.1, -0.05) is 20.8 Å². The lowest BCUT2D eigenvalue weighted by atomic mass is 9.89. The van der Waals surface area contributed by atoms with E-state index in [9.17, 15) is 0 Å². The number of hydrogen-bond donors (Lipinski definition) is 2. The summed E-state index contributed by atoms with van der Waals surface area (Å²) in [5, 5.41) is 10.1. The topological polar surface area (TPSA) is 49.3 Å². The van der Waals surface area contributed by atoms with Crippen molar-refractivity contribution in [1.29, 1.82) is 0 Å². The first kappa shape index (κ1) is 22.6. The number of halogens is 1. The van der Waals surface area contributed by atoms with E-state index in [1.807, 2.05) is 6.92 Å². The Morgan fingerprint density at radius 3 is 2.61 bits per heavy atom. The van der Waals surface area contributed by atoms with E-state index in [0.717, 1.165) is 42.6 Å². The second-order valence-electron chi connectivity index (χ2n) is 7.01. The molecule has 0 saturated heterocycles. The van der Waals surface area contributed by atoms with Crippen LogP contribution in [0.15, 0.2) is 10.4 Å². The number of aryl methyl sites for hydroxylation is 1. The predicted octanol–water partition coefficient (Wildman–Crippen LogP) is 4.38. The summed E-state index contributed by atoms with van der Waals surface area (Å²) in [6.07, 6.45) is 3.26. The van der Waals surface area contributed by atoms with Crippen molar-refractivity contribution in [3.05, 3.63) is 16.1 Å². The highest BCUT2D eigenvalue weighted by Gasteiger charge is 2.13. The van der Waals surface area contributed by atoms with Crippen molar-refractivity contribution in [1.82, 2.24) is 15.6 Å². The smallest absolute Gasteiger partial charge is 0.191 e. The number of aromatic nitrogens is 1. The molecule has 0 aliphatic heterocycles. The van der Waals surface area contributed by atoms with Gasteiger partial charge in [-0.2, -0.15) is 0 Å². The molecule has 1 rings (SSSR count). The summed E-state index contributed by atoms with van der Waals surface area (Å²) >= 11 is 1.70. The summed E-state index contributed by atoms with van der Waals surface area (Å²) in [7, 11) is 0. The van der Waals surface area contributed by atoms with Gasteiger partial charge in [0.05, 0.1) is 10.7 Å². The lowest BCUT2D eigenvalue weighted by Gasteiger charge is -2.23. The summed E-state index contributed by atoms with van der Waals surface area (Å²) in [5.41, 5.74) is 1.52. The average Bonchev–Trinajstić information content (AvgIpc) is 2.81. The zero-order chi connectivity index (χ0) is 16.6. The molecule has 1 heterocycles. The van der Waals surface area contributed by atoms with E-state index in [2.05, 4.69) is 60.6 Å². The van der Waals surface area contributed by atoms with Gasteiger partial charge in [-0.3, -0.25) is 4.99 Å². The van der Waals surface area contributed by atoms with Crippen LogP contribution >= 0.6 is 35.3 Å². The lowest BCUT2D eigenvalue weighted by Crippen LogP contribution is -2.42. The van der Waals surface area contributed by atoms with Crippen LogP contribution < -0.4 is 10.6 Å². The highest BCUT2D eigenvalue weighted by molar-refractivity contribution is 14.0. The van der Waals surface area contributed by atoms with Crippen molar-refractivity contribution in [2.45, 2.75) is 66.8 Å². The quantitative estimate of drug-likeness (QED) is 0.367. The molecule has 134 valence electrons. The number of guanidine groups is 1. The Morgan fingerprint density at radius 2 is 2.09 bits per heavy atom. The van der Waals surface area contributed by atoms with Gasteiger partial charge >= 0.3 is 0 Å². The minimum absolute atomic E-state index is 0. The third kappa shape index (κ3) is 10.9. The fraction of sp³-hybridized carbons (Fsp3) is 0.765. The number of thiazole rings is 1. The molecule has 1 unspecified atom stereocenters. The van der Waals surface area contributed by atoms with Gasteiger partial charge in [-0.25, -0.2) is 4.98 Å². The van der Waals surface area contributed by atoms with Crippen molar-refractivity contribution in [2.24, 2.45) is 10.4 Å². The van der Waals surface area contributed by atoms with E-state index in [1.165, 1.54) is 6.42 Å². The van der Waals surface area contributed by atoms with Crippen molar-refractivity contribution in [3.63, 3.8) is 0 Å². The number of hydrogen-bond acceptors (Lipinski definition) is 3. The Balaban J connectivity index is 0.00000484. The van der Waals surface area contributed by atoms with Gasteiger partial charge in [0.2, 0.25) is 0 Å². The van der Waals surface area contributed by atoms with E-state index in [4.69, 9.17) is 0 Å². The number of nitrogens with zero attached hydrogens (tertiary/aromatic N) is 2. The molecule has 0 aromatic carbocycles. The first-order valence-electron chi connectivity index (χ1n) is 8.26. The fourth-order valence-corrected chi connectivity index (χ4v) is 2.73. The first-order chi connectivity index (χ1) is 10.3. The van der Waals surface area contributed by atoms with Gasteiger partial charge in [0.15, 0.2) is 5.96 Å². The Hall–Kier alpha value is -0.370. The highest BCUT2D eigenvalue weighted by atomic mass is 127. The molecular weight excluding hydrogens is 419 g/mol. The van der Waals surface area contributed by atoms with Crippen LogP contribution in [0.2, 0.25) is 0 Å². The number of nitrogens with one attached hydrogen (secondary N) is 2. The van der Waals surface area contributed by atoms with Crippen LogP contribution in [0.4, 0.5) is 0 Å². The molecule has 0 spiro atoms. The number of aliphatic imine (C=N–C) groups is 1. The van der Waals surface area contributed by atoms with Crippen molar-refractivity contribution in [2.75, 3.05) is 13.1 Å². The van der Waals surface area contributed by atoms with Gasteiger partial charge < -0.3 is 10.6 Å². The maximum absolute atomic E-state index is 4.66. The van der Waals surface area contributed by atoms with Crippen LogP contribution in [0.1, 0.15) is 58.2 Å². The summed E-state index contributed by atoms with van der Waals surface area (Å²) in [5.74, 6) is 0.913. The van der Waals surface area contributed by atoms with Gasteiger partial charge in [0.1, 0.15) is 0 Å². The highest BCUT2D eigenvalue weighted by Crippen LogP contribution is 2.21. The van der Waals surface area contributed by atoms with Crippen LogP contribution in [0, 0.1) is 12.3 Å². The van der Waals surface area contributed by atoms with Gasteiger partial charge in [0.25, 0.3) is 0 Å². The van der Waals surface area contributed by atoms with Crippen molar-refractivity contribution in [3.8, 4) is 0 Å². The Bertz CT molecular complexity index is 465. The minimum Gasteiger partial charge on any atom is -0.357 e. The Labute approximate surface area is 163 Å². The van der Waals surface area contributed by atoms with Crippen LogP contribution in [0.5, 0.6) is 0 Å². The second-order valence-corrected chi connectivity index (χ2v) is 8.08. The zero-order valence-electron chi connectivity index (χ0n) is 15.4. The molecule has 0 fully saturated rings. The SMILES string of the molecule is CCNC(=NCCc1csc(C)n1)NC(C)CCC(C)(C)C.I. The third-order valence-electron chi connectivity index (χ3n) is 3.36. The van der Waals surface area contributed by atoms with Gasteiger partial charge in [-0.05, 0) is 39.0 Å². The van der Waals surface area contributed by atoms with E-state index in [1.54, 1.807) is 11.3 Å². The first-order valence-corrected chi connectivity index (χ1v) is 9.14. The standard InChI is InChI=1S/C17H32N4S.HI/c1-7-18-16(20-13(2)8-10-17(4,5)6)19-11-9-15-12-22-14(3)21-15;/h12-13H,7-11H2,1-6H3,(H2,18,19,20);1H. The molecule has 4 nitrogen and oxygen atoms in total. The minimum atomic E-state index is 0. The Morgan fingerprint density at radius 1 is 1.39 bits per heavy atom. The van der Waals surface area contributed by atoms with Crippen molar-refractivity contribution >= 4 is 41.3 Å². The molecular formula is C17H33IN4S. The lowest BCUT2D eigenvalue weighted by molar-refractivity contribution is 0.346. The van der Waals surface area contributed by atoms with E-state index in [0.29, 0.717) is 11.5 Å². The third-order valence-corrected chi connectivity index (χ3v) is 4.18. The maximum Gasteiger partial charge on any atom is 0.191 e. The van der Waals surface area contributed by atoms with Gasteiger partial charge in [-0.15, -0.1) is 35.3 Å². The molecule has 6 heteroatoms. The zero-order valence-corrected chi connectivity index (χ0v) is 18.5. The second kappa shape index (κ2) is 11.2. The van der Waals surface area contributed by atoms with Gasteiger partial charge in [0, 0.05) is 30.9 Å². The fourth-order valence-electron chi connectivity index (χ4n) is 2.08. The predicted molar refractivity (Wildman–Crippen MR) is 113 cm³/mol. The molecule has 1 aromatic heterocycles. The molecule has 0 saturated carbocycles. The summed E-state index contributed by atoms with van der Waals surface area (Å²) in [4.78, 5) is 9.14. The van der Waals surface area contributed by atoms with Crippen molar-refractivity contribution < 1.29 is 0 Å². The maximum atomic E-state index is 4.66. The summed E-state index contributed by atoms with van der Waals surface area (Å²) in [6, 6.07) is 0.429.